The lowest BCUT2D eigenvalue weighted by molar-refractivity contribution is -0.132. The van der Waals surface area contributed by atoms with Crippen molar-refractivity contribution in [3.8, 4) is 0 Å². The normalized spacial score (nSPS) is 14.6. The van der Waals surface area contributed by atoms with E-state index >= 15 is 0 Å². The van der Waals surface area contributed by atoms with Crippen LogP contribution in [0, 0.1) is 6.92 Å². The Morgan fingerprint density at radius 1 is 1.30 bits per heavy atom. The first-order valence-corrected chi connectivity index (χ1v) is 8.09. The maximum Gasteiger partial charge on any atom is 0.273 e. The third-order valence-corrected chi connectivity index (χ3v) is 4.21. The minimum atomic E-state index is -0.301. The molecule has 0 fully saturated rings. The molecule has 0 spiro atoms. The number of aromatic nitrogens is 1. The van der Waals surface area contributed by atoms with E-state index in [4.69, 9.17) is 0 Å². The summed E-state index contributed by atoms with van der Waals surface area (Å²) in [5.41, 5.74) is 1.33. The van der Waals surface area contributed by atoms with E-state index in [0.717, 1.165) is 10.4 Å². The fraction of sp³-hybridized carbons (Fsp3) is 0.250. The van der Waals surface area contributed by atoms with Gasteiger partial charge in [-0.1, -0.05) is 30.3 Å². The highest BCUT2D eigenvalue weighted by molar-refractivity contribution is 7.15. The van der Waals surface area contributed by atoms with E-state index in [2.05, 4.69) is 15.4 Å². The van der Waals surface area contributed by atoms with Gasteiger partial charge in [-0.25, -0.2) is 9.99 Å². The first-order chi connectivity index (χ1) is 11.1. The fourth-order valence-electron chi connectivity index (χ4n) is 2.23. The average Bonchev–Trinajstić information content (AvgIpc) is 2.95. The molecule has 0 saturated carbocycles. The molecule has 0 atom stereocenters. The van der Waals surface area contributed by atoms with Crippen molar-refractivity contribution in [2.75, 3.05) is 5.32 Å². The number of nitrogens with one attached hydrogen (secondary N) is 1. The fourth-order valence-corrected chi connectivity index (χ4v) is 2.89. The van der Waals surface area contributed by atoms with Crippen molar-refractivity contribution >= 4 is 34.0 Å². The number of amides is 2. The van der Waals surface area contributed by atoms with Crippen LogP contribution < -0.4 is 5.32 Å². The summed E-state index contributed by atoms with van der Waals surface area (Å²) in [4.78, 5) is 29.4. The van der Waals surface area contributed by atoms with Crippen molar-refractivity contribution in [3.05, 3.63) is 47.0 Å². The number of hydrogen-bond donors (Lipinski definition) is 1. The molecule has 1 aliphatic heterocycles. The second-order valence-corrected chi connectivity index (χ2v) is 6.45. The monoisotopic (exact) mass is 328 g/mol. The van der Waals surface area contributed by atoms with Crippen molar-refractivity contribution in [1.29, 1.82) is 0 Å². The van der Waals surface area contributed by atoms with Crippen LogP contribution in [0.1, 0.15) is 23.3 Å². The largest absolute Gasteiger partial charge is 0.297 e. The number of carbonyl (C=O) groups is 2. The maximum atomic E-state index is 12.3. The standard InChI is InChI=1S/C16H16N4O2S/c1-11-9-17-16(23-11)18-15(22)13-7-8-14(21)20(19-13)10-12-5-3-2-4-6-12/h2-6,9H,7-8,10H2,1H3,(H,17,18,22). The first kappa shape index (κ1) is 15.4. The molecule has 1 aromatic carbocycles. The summed E-state index contributed by atoms with van der Waals surface area (Å²) < 4.78 is 0. The van der Waals surface area contributed by atoms with Gasteiger partial charge in [0.1, 0.15) is 5.71 Å². The zero-order chi connectivity index (χ0) is 16.2. The highest BCUT2D eigenvalue weighted by Gasteiger charge is 2.25. The molecule has 3 rings (SSSR count). The highest BCUT2D eigenvalue weighted by Crippen LogP contribution is 2.18. The number of hydrazone groups is 1. The van der Waals surface area contributed by atoms with Gasteiger partial charge in [-0.2, -0.15) is 5.10 Å². The number of thiazole rings is 1. The predicted octanol–water partition coefficient (Wildman–Crippen LogP) is 2.57. The number of aryl methyl sites for hydroxylation is 1. The lowest BCUT2D eigenvalue weighted by Gasteiger charge is -2.23. The molecule has 2 aromatic rings. The third-order valence-electron chi connectivity index (χ3n) is 3.38. The molecule has 1 aromatic heterocycles. The van der Waals surface area contributed by atoms with Crippen molar-refractivity contribution in [3.63, 3.8) is 0 Å². The number of nitrogens with zero attached hydrogens (tertiary/aromatic N) is 3. The molecule has 2 amide bonds. The van der Waals surface area contributed by atoms with Crippen LogP contribution >= 0.6 is 11.3 Å². The van der Waals surface area contributed by atoms with Gasteiger partial charge >= 0.3 is 0 Å². The third kappa shape index (κ3) is 3.81. The zero-order valence-corrected chi connectivity index (χ0v) is 13.5. The Labute approximate surface area is 137 Å². The van der Waals surface area contributed by atoms with Crippen LogP contribution in [0.4, 0.5) is 5.13 Å². The Morgan fingerprint density at radius 2 is 2.09 bits per heavy atom. The summed E-state index contributed by atoms with van der Waals surface area (Å²) in [5, 5.41) is 8.86. The minimum absolute atomic E-state index is 0.0736. The number of benzene rings is 1. The first-order valence-electron chi connectivity index (χ1n) is 7.27. The molecule has 0 unspecified atom stereocenters. The molecule has 118 valence electrons. The van der Waals surface area contributed by atoms with Crippen LogP contribution in [-0.4, -0.2) is 27.5 Å². The molecule has 6 nitrogen and oxygen atoms in total. The second kappa shape index (κ2) is 6.70. The minimum Gasteiger partial charge on any atom is -0.297 e. The number of anilines is 1. The summed E-state index contributed by atoms with van der Waals surface area (Å²) >= 11 is 1.41. The summed E-state index contributed by atoms with van der Waals surface area (Å²) in [6.45, 7) is 2.29. The smallest absolute Gasteiger partial charge is 0.273 e. The SMILES string of the molecule is Cc1cnc(NC(=O)C2=NN(Cc3ccccc3)C(=O)CC2)s1. The Bertz CT molecular complexity index is 754. The van der Waals surface area contributed by atoms with Crippen LogP contribution in [0.3, 0.4) is 0 Å². The molecular formula is C16H16N4O2S. The van der Waals surface area contributed by atoms with Crippen molar-refractivity contribution in [1.82, 2.24) is 9.99 Å². The Balaban J connectivity index is 1.72. The van der Waals surface area contributed by atoms with E-state index in [1.54, 1.807) is 6.20 Å². The summed E-state index contributed by atoms with van der Waals surface area (Å²) in [6.07, 6.45) is 2.34. The van der Waals surface area contributed by atoms with Gasteiger partial charge in [0.05, 0.1) is 6.54 Å². The van der Waals surface area contributed by atoms with E-state index < -0.39 is 0 Å². The van der Waals surface area contributed by atoms with Crippen molar-refractivity contribution in [2.45, 2.75) is 26.3 Å². The van der Waals surface area contributed by atoms with Crippen LogP contribution in [0.2, 0.25) is 0 Å². The van der Waals surface area contributed by atoms with Crippen LogP contribution in [0.25, 0.3) is 0 Å². The van der Waals surface area contributed by atoms with E-state index in [1.165, 1.54) is 16.3 Å². The van der Waals surface area contributed by atoms with Gasteiger partial charge in [0.2, 0.25) is 5.91 Å². The lowest BCUT2D eigenvalue weighted by Crippen LogP contribution is -2.35. The molecule has 1 N–H and O–H groups in total. The van der Waals surface area contributed by atoms with Gasteiger partial charge in [-0.15, -0.1) is 11.3 Å². The molecule has 0 saturated heterocycles. The molecule has 0 bridgehead atoms. The van der Waals surface area contributed by atoms with E-state index in [0.29, 0.717) is 23.8 Å². The number of hydrogen-bond acceptors (Lipinski definition) is 5. The molecule has 0 radical (unpaired) electrons. The number of carbonyl (C=O) groups excluding carboxylic acids is 2. The van der Waals surface area contributed by atoms with Crippen LogP contribution in [-0.2, 0) is 16.1 Å². The Morgan fingerprint density at radius 3 is 2.78 bits per heavy atom. The maximum absolute atomic E-state index is 12.3. The topological polar surface area (TPSA) is 74.7 Å². The van der Waals surface area contributed by atoms with Gasteiger partial charge in [-0.05, 0) is 12.5 Å². The van der Waals surface area contributed by atoms with E-state index in [9.17, 15) is 9.59 Å². The van der Waals surface area contributed by atoms with Gasteiger partial charge < -0.3 is 0 Å². The van der Waals surface area contributed by atoms with Gasteiger partial charge in [-0.3, -0.25) is 14.9 Å². The molecule has 7 heteroatoms. The van der Waals surface area contributed by atoms with Gasteiger partial charge in [0.25, 0.3) is 5.91 Å². The second-order valence-electron chi connectivity index (χ2n) is 5.21. The van der Waals surface area contributed by atoms with E-state index in [1.807, 2.05) is 37.3 Å². The molecule has 23 heavy (non-hydrogen) atoms. The zero-order valence-electron chi connectivity index (χ0n) is 12.7. The molecule has 1 aliphatic rings. The molecule has 2 heterocycles. The van der Waals surface area contributed by atoms with Crippen LogP contribution in [0.15, 0.2) is 41.6 Å². The highest BCUT2D eigenvalue weighted by atomic mass is 32.1. The molecular weight excluding hydrogens is 312 g/mol. The summed E-state index contributed by atoms with van der Waals surface area (Å²) in [5.74, 6) is -0.375. The predicted molar refractivity (Wildman–Crippen MR) is 89.1 cm³/mol. The van der Waals surface area contributed by atoms with Gasteiger partial charge in [0, 0.05) is 23.9 Å². The Hall–Kier alpha value is -2.54. The van der Waals surface area contributed by atoms with Crippen molar-refractivity contribution in [2.24, 2.45) is 5.10 Å². The average molecular weight is 328 g/mol. The molecule has 0 aliphatic carbocycles. The summed E-state index contributed by atoms with van der Waals surface area (Å²) in [7, 11) is 0. The van der Waals surface area contributed by atoms with Crippen LogP contribution in [0.5, 0.6) is 0 Å². The summed E-state index contributed by atoms with van der Waals surface area (Å²) in [6, 6.07) is 9.59. The lowest BCUT2D eigenvalue weighted by atomic mass is 10.1. The Kier molecular flexibility index (Phi) is 4.47. The van der Waals surface area contributed by atoms with Crippen molar-refractivity contribution < 1.29 is 9.59 Å². The van der Waals surface area contributed by atoms with E-state index in [-0.39, 0.29) is 18.2 Å². The quantitative estimate of drug-likeness (QED) is 0.937. The van der Waals surface area contributed by atoms with Gasteiger partial charge in [0.15, 0.2) is 5.13 Å². The number of rotatable bonds is 4.